The van der Waals surface area contributed by atoms with Gasteiger partial charge in [-0.3, -0.25) is 9.59 Å². The minimum atomic E-state index is -0.473. The summed E-state index contributed by atoms with van der Waals surface area (Å²) in [4.78, 5) is 23.9. The predicted octanol–water partition coefficient (Wildman–Crippen LogP) is 1.75. The molecule has 2 rings (SSSR count). The van der Waals surface area contributed by atoms with E-state index in [2.05, 4.69) is 10.6 Å². The van der Waals surface area contributed by atoms with Gasteiger partial charge in [-0.15, -0.1) is 0 Å². The van der Waals surface area contributed by atoms with Gasteiger partial charge in [0.25, 0.3) is 0 Å². The first-order valence-corrected chi connectivity index (χ1v) is 9.34. The number of benzene rings is 1. The van der Waals surface area contributed by atoms with E-state index in [1.54, 1.807) is 18.7 Å². The van der Waals surface area contributed by atoms with Crippen LogP contribution in [0.4, 0.5) is 0 Å². The Balaban J connectivity index is 1.83. The molecule has 0 unspecified atom stereocenters. The maximum absolute atomic E-state index is 12.3. The van der Waals surface area contributed by atoms with Gasteiger partial charge in [0.15, 0.2) is 0 Å². The van der Waals surface area contributed by atoms with Crippen molar-refractivity contribution in [3.63, 3.8) is 0 Å². The van der Waals surface area contributed by atoms with E-state index >= 15 is 0 Å². The molecule has 23 heavy (non-hydrogen) atoms. The molecular weight excluding hydrogens is 312 g/mol. The second-order valence-electron chi connectivity index (χ2n) is 5.55. The maximum atomic E-state index is 12.3. The summed E-state index contributed by atoms with van der Waals surface area (Å²) >= 11 is 1.66. The van der Waals surface area contributed by atoms with Crippen LogP contribution in [0.1, 0.15) is 25.3 Å². The molecule has 0 bridgehead atoms. The minimum absolute atomic E-state index is 0.0422. The average molecular weight is 336 g/mol. The molecule has 1 aliphatic rings. The van der Waals surface area contributed by atoms with Gasteiger partial charge < -0.3 is 15.4 Å². The zero-order chi connectivity index (χ0) is 16.7. The monoisotopic (exact) mass is 336 g/mol. The van der Waals surface area contributed by atoms with Gasteiger partial charge in [-0.25, -0.2) is 0 Å². The summed E-state index contributed by atoms with van der Waals surface area (Å²) in [6.45, 7) is 2.23. The molecule has 1 aromatic carbocycles. The van der Waals surface area contributed by atoms with E-state index in [0.29, 0.717) is 19.4 Å². The normalized spacial score (nSPS) is 17.0. The second kappa shape index (κ2) is 8.82. The number of amides is 2. The van der Waals surface area contributed by atoms with E-state index in [1.165, 1.54) is 5.56 Å². The minimum Gasteiger partial charge on any atom is -0.488 e. The first-order valence-electron chi connectivity index (χ1n) is 7.94. The Hall–Kier alpha value is -1.69. The zero-order valence-corrected chi connectivity index (χ0v) is 14.4. The van der Waals surface area contributed by atoms with Gasteiger partial charge in [0, 0.05) is 12.8 Å². The third-order valence-corrected chi connectivity index (χ3v) is 4.45. The largest absolute Gasteiger partial charge is 0.488 e. The molecule has 2 N–H and O–H groups in total. The summed E-state index contributed by atoms with van der Waals surface area (Å²) in [5.41, 5.74) is 1.17. The second-order valence-corrected chi connectivity index (χ2v) is 6.54. The van der Waals surface area contributed by atoms with Crippen LogP contribution in [0.25, 0.3) is 0 Å². The van der Waals surface area contributed by atoms with Crippen LogP contribution in [0.2, 0.25) is 0 Å². The Morgan fingerprint density at radius 1 is 1.39 bits per heavy atom. The van der Waals surface area contributed by atoms with E-state index in [0.717, 1.165) is 17.9 Å². The summed E-state index contributed by atoms with van der Waals surface area (Å²) in [5, 5.41) is 5.70. The van der Waals surface area contributed by atoms with Gasteiger partial charge in [0.1, 0.15) is 17.9 Å². The lowest BCUT2D eigenvalue weighted by atomic mass is 10.1. The smallest absolute Gasteiger partial charge is 0.242 e. The van der Waals surface area contributed by atoms with Crippen molar-refractivity contribution in [2.45, 2.75) is 38.3 Å². The lowest BCUT2D eigenvalue weighted by molar-refractivity contribution is -0.129. The SMILES string of the molecule is CCC(=O)N[C@H](CCSC)C(=O)NC[C@@H]1Cc2ccccc2O1. The van der Waals surface area contributed by atoms with E-state index < -0.39 is 6.04 Å². The summed E-state index contributed by atoms with van der Waals surface area (Å²) < 4.78 is 5.81. The van der Waals surface area contributed by atoms with Crippen molar-refractivity contribution in [1.29, 1.82) is 0 Å². The number of carbonyl (C=O) groups is 2. The van der Waals surface area contributed by atoms with Crippen molar-refractivity contribution in [2.24, 2.45) is 0 Å². The quantitative estimate of drug-likeness (QED) is 0.759. The lowest BCUT2D eigenvalue weighted by Crippen LogP contribution is -2.48. The number of hydrogen-bond donors (Lipinski definition) is 2. The highest BCUT2D eigenvalue weighted by atomic mass is 32.2. The van der Waals surface area contributed by atoms with Crippen LogP contribution >= 0.6 is 11.8 Å². The van der Waals surface area contributed by atoms with Crippen LogP contribution in [0.5, 0.6) is 5.75 Å². The molecule has 0 saturated heterocycles. The fraction of sp³-hybridized carbons (Fsp3) is 0.529. The van der Waals surface area contributed by atoms with E-state index in [4.69, 9.17) is 4.74 Å². The van der Waals surface area contributed by atoms with Crippen molar-refractivity contribution in [2.75, 3.05) is 18.6 Å². The number of rotatable bonds is 8. The fourth-order valence-corrected chi connectivity index (χ4v) is 2.98. The first kappa shape index (κ1) is 17.7. The van der Waals surface area contributed by atoms with Gasteiger partial charge in [0.2, 0.25) is 11.8 Å². The topological polar surface area (TPSA) is 67.4 Å². The number of thioether (sulfide) groups is 1. The number of para-hydroxylation sites is 1. The average Bonchev–Trinajstić information content (AvgIpc) is 2.99. The molecule has 0 radical (unpaired) electrons. The highest BCUT2D eigenvalue weighted by Gasteiger charge is 2.25. The van der Waals surface area contributed by atoms with Gasteiger partial charge in [0.05, 0.1) is 6.54 Å². The summed E-state index contributed by atoms with van der Waals surface area (Å²) in [6.07, 6.45) is 3.75. The van der Waals surface area contributed by atoms with Crippen molar-refractivity contribution in [3.05, 3.63) is 29.8 Å². The molecule has 0 aromatic heterocycles. The van der Waals surface area contributed by atoms with Crippen molar-refractivity contribution >= 4 is 23.6 Å². The van der Waals surface area contributed by atoms with E-state index in [1.807, 2.05) is 30.5 Å². The summed E-state index contributed by atoms with van der Waals surface area (Å²) in [5.74, 6) is 1.48. The van der Waals surface area contributed by atoms with Crippen LogP contribution in [0, 0.1) is 0 Å². The highest BCUT2D eigenvalue weighted by molar-refractivity contribution is 7.98. The van der Waals surface area contributed by atoms with Gasteiger partial charge in [-0.05, 0) is 30.1 Å². The molecule has 5 nitrogen and oxygen atoms in total. The Bertz CT molecular complexity index is 525. The predicted molar refractivity (Wildman–Crippen MR) is 92.8 cm³/mol. The lowest BCUT2D eigenvalue weighted by Gasteiger charge is -2.19. The Morgan fingerprint density at radius 2 is 2.17 bits per heavy atom. The Morgan fingerprint density at radius 3 is 2.87 bits per heavy atom. The van der Waals surface area contributed by atoms with Gasteiger partial charge in [-0.2, -0.15) is 11.8 Å². The molecule has 1 aromatic rings. The van der Waals surface area contributed by atoms with Crippen LogP contribution in [-0.2, 0) is 16.0 Å². The molecular formula is C17H24N2O3S. The molecule has 1 heterocycles. The standard InChI is InChI=1S/C17H24N2O3S/c1-3-16(20)19-14(8-9-23-2)17(21)18-11-13-10-12-6-4-5-7-15(12)22-13/h4-7,13-14H,3,8-11H2,1-2H3,(H,18,21)(H,19,20)/t13-,14+/m0/s1. The molecule has 6 heteroatoms. The summed E-state index contributed by atoms with van der Waals surface area (Å²) in [7, 11) is 0. The number of carbonyl (C=O) groups excluding carboxylic acids is 2. The first-order chi connectivity index (χ1) is 11.1. The van der Waals surface area contributed by atoms with E-state index in [-0.39, 0.29) is 17.9 Å². The highest BCUT2D eigenvalue weighted by Crippen LogP contribution is 2.27. The third-order valence-electron chi connectivity index (χ3n) is 3.80. The molecule has 2 atom stereocenters. The number of fused-ring (bicyclic) bond motifs is 1. The third kappa shape index (κ3) is 5.16. The van der Waals surface area contributed by atoms with Gasteiger partial charge in [-0.1, -0.05) is 25.1 Å². The van der Waals surface area contributed by atoms with Crippen LogP contribution in [0.3, 0.4) is 0 Å². The number of ether oxygens (including phenoxy) is 1. The molecule has 0 fully saturated rings. The number of nitrogens with one attached hydrogen (secondary N) is 2. The molecule has 1 aliphatic heterocycles. The zero-order valence-electron chi connectivity index (χ0n) is 13.6. The van der Waals surface area contributed by atoms with Crippen molar-refractivity contribution in [3.8, 4) is 5.75 Å². The fourth-order valence-electron chi connectivity index (χ4n) is 2.51. The summed E-state index contributed by atoms with van der Waals surface area (Å²) in [6, 6.07) is 7.44. The van der Waals surface area contributed by atoms with Crippen LogP contribution in [-0.4, -0.2) is 42.5 Å². The number of hydrogen-bond acceptors (Lipinski definition) is 4. The maximum Gasteiger partial charge on any atom is 0.242 e. The van der Waals surface area contributed by atoms with E-state index in [9.17, 15) is 9.59 Å². The Labute approximate surface area is 141 Å². The Kier molecular flexibility index (Phi) is 6.77. The molecule has 2 amide bonds. The molecule has 0 spiro atoms. The van der Waals surface area contributed by atoms with Gasteiger partial charge >= 0.3 is 0 Å². The van der Waals surface area contributed by atoms with Crippen LogP contribution < -0.4 is 15.4 Å². The van der Waals surface area contributed by atoms with Crippen molar-refractivity contribution in [1.82, 2.24) is 10.6 Å². The van der Waals surface area contributed by atoms with Crippen molar-refractivity contribution < 1.29 is 14.3 Å². The molecule has 0 aliphatic carbocycles. The molecule has 0 saturated carbocycles. The van der Waals surface area contributed by atoms with Crippen LogP contribution in [0.15, 0.2) is 24.3 Å². The molecule has 126 valence electrons.